The highest BCUT2D eigenvalue weighted by Gasteiger charge is 2.35. The number of likely N-dealkylation sites (tertiary alicyclic amines) is 1. The summed E-state index contributed by atoms with van der Waals surface area (Å²) < 4.78 is 1.94. The zero-order valence-electron chi connectivity index (χ0n) is 11.9. The molecule has 2 aromatic rings. The molecular weight excluding hydrogens is 282 g/mol. The first-order valence-corrected chi connectivity index (χ1v) is 8.35. The average Bonchev–Trinajstić information content (AvgIpc) is 3.07. The smallest absolute Gasteiger partial charge is 0.242 e. The predicted octanol–water partition coefficient (Wildman–Crippen LogP) is 1.82. The van der Waals surface area contributed by atoms with Gasteiger partial charge in [-0.25, -0.2) is 0 Å². The van der Waals surface area contributed by atoms with Crippen LogP contribution in [0.5, 0.6) is 0 Å². The Morgan fingerprint density at radius 2 is 2.10 bits per heavy atom. The fourth-order valence-electron chi connectivity index (χ4n) is 3.20. The number of nitrogens with zero attached hydrogens (tertiary/aromatic N) is 3. The van der Waals surface area contributed by atoms with Crippen LogP contribution in [0, 0.1) is 0 Å². The van der Waals surface area contributed by atoms with Crippen molar-refractivity contribution in [2.75, 3.05) is 19.6 Å². The molecule has 1 saturated heterocycles. The summed E-state index contributed by atoms with van der Waals surface area (Å²) in [7, 11) is 0. The molecule has 4 rings (SSSR count). The zero-order chi connectivity index (χ0) is 14.2. The topological polar surface area (TPSA) is 28.5 Å². The summed E-state index contributed by atoms with van der Waals surface area (Å²) in [5.74, 6) is 0.232. The van der Waals surface area contributed by atoms with Crippen LogP contribution in [0.1, 0.15) is 10.4 Å². The molecule has 0 atom stereocenters. The molecule has 0 aliphatic carbocycles. The predicted molar refractivity (Wildman–Crippen MR) is 83.2 cm³/mol. The van der Waals surface area contributed by atoms with Crippen LogP contribution in [0.2, 0.25) is 0 Å². The van der Waals surface area contributed by atoms with Crippen LogP contribution in [-0.4, -0.2) is 46.0 Å². The lowest BCUT2D eigenvalue weighted by atomic mass is 10.0. The van der Waals surface area contributed by atoms with E-state index in [1.54, 1.807) is 4.88 Å². The highest BCUT2D eigenvalue weighted by Crippen LogP contribution is 2.27. The fraction of sp³-hybridized carbons (Fsp3) is 0.438. The lowest BCUT2D eigenvalue weighted by Gasteiger charge is -2.46. The van der Waals surface area contributed by atoms with E-state index in [2.05, 4.69) is 16.3 Å². The SMILES string of the molecule is O=C(Cn1cccc1)N1CC(N2CCc3sccc3C2)C1. The van der Waals surface area contributed by atoms with Gasteiger partial charge in [0.05, 0.1) is 0 Å². The number of carbonyl (C=O) groups excluding carboxylic acids is 1. The number of hydrogen-bond donors (Lipinski definition) is 0. The molecule has 0 radical (unpaired) electrons. The molecule has 0 aromatic carbocycles. The van der Waals surface area contributed by atoms with E-state index in [9.17, 15) is 4.79 Å². The molecule has 21 heavy (non-hydrogen) atoms. The lowest BCUT2D eigenvalue weighted by molar-refractivity contribution is -0.139. The summed E-state index contributed by atoms with van der Waals surface area (Å²) in [5, 5.41) is 2.20. The Bertz CT molecular complexity index is 628. The largest absolute Gasteiger partial charge is 0.345 e. The van der Waals surface area contributed by atoms with Crippen molar-refractivity contribution in [2.24, 2.45) is 0 Å². The molecule has 2 aliphatic heterocycles. The first-order valence-electron chi connectivity index (χ1n) is 7.47. The molecule has 0 saturated carbocycles. The van der Waals surface area contributed by atoms with Crippen molar-refractivity contribution < 1.29 is 4.79 Å². The fourth-order valence-corrected chi connectivity index (χ4v) is 4.09. The van der Waals surface area contributed by atoms with E-state index < -0.39 is 0 Å². The second-order valence-electron chi connectivity index (χ2n) is 5.90. The molecule has 4 heterocycles. The minimum absolute atomic E-state index is 0.232. The van der Waals surface area contributed by atoms with Gasteiger partial charge in [-0.05, 0) is 35.6 Å². The Kier molecular flexibility index (Phi) is 3.31. The number of carbonyl (C=O) groups is 1. The molecule has 5 heteroatoms. The normalized spacial score (nSPS) is 19.3. The van der Waals surface area contributed by atoms with Gasteiger partial charge >= 0.3 is 0 Å². The Morgan fingerprint density at radius 3 is 2.90 bits per heavy atom. The maximum Gasteiger partial charge on any atom is 0.242 e. The molecule has 4 nitrogen and oxygen atoms in total. The van der Waals surface area contributed by atoms with Gasteiger partial charge in [-0.2, -0.15) is 0 Å². The number of aromatic nitrogens is 1. The van der Waals surface area contributed by atoms with Crippen molar-refractivity contribution in [3.05, 3.63) is 46.4 Å². The van der Waals surface area contributed by atoms with Crippen LogP contribution in [0.4, 0.5) is 0 Å². The Hall–Kier alpha value is -1.59. The van der Waals surface area contributed by atoms with Crippen molar-refractivity contribution in [1.29, 1.82) is 0 Å². The molecular formula is C16H19N3OS. The van der Waals surface area contributed by atoms with Crippen LogP contribution >= 0.6 is 11.3 Å². The van der Waals surface area contributed by atoms with Gasteiger partial charge in [0.25, 0.3) is 0 Å². The van der Waals surface area contributed by atoms with E-state index in [1.165, 1.54) is 12.0 Å². The van der Waals surface area contributed by atoms with Crippen LogP contribution in [0.3, 0.4) is 0 Å². The highest BCUT2D eigenvalue weighted by atomic mass is 32.1. The van der Waals surface area contributed by atoms with Gasteiger partial charge in [0.2, 0.25) is 5.91 Å². The minimum Gasteiger partial charge on any atom is -0.345 e. The molecule has 1 fully saturated rings. The third-order valence-electron chi connectivity index (χ3n) is 4.55. The summed E-state index contributed by atoms with van der Waals surface area (Å²) in [4.78, 5) is 18.2. The summed E-state index contributed by atoms with van der Waals surface area (Å²) in [6.07, 6.45) is 5.05. The molecule has 0 bridgehead atoms. The van der Waals surface area contributed by atoms with Crippen molar-refractivity contribution >= 4 is 17.2 Å². The molecule has 2 aliphatic rings. The standard InChI is InChI=1S/C16H19N3OS/c20-16(12-17-5-1-2-6-17)19-10-14(11-19)18-7-3-15-13(9-18)4-8-21-15/h1-2,4-6,8,14H,3,7,9-12H2. The zero-order valence-corrected chi connectivity index (χ0v) is 12.8. The van der Waals surface area contributed by atoms with Crippen molar-refractivity contribution in [3.63, 3.8) is 0 Å². The first kappa shape index (κ1) is 13.1. The monoisotopic (exact) mass is 301 g/mol. The van der Waals surface area contributed by atoms with Gasteiger partial charge in [0, 0.05) is 49.5 Å². The Morgan fingerprint density at radius 1 is 1.29 bits per heavy atom. The van der Waals surface area contributed by atoms with E-state index in [0.29, 0.717) is 12.6 Å². The second-order valence-corrected chi connectivity index (χ2v) is 6.90. The summed E-state index contributed by atoms with van der Waals surface area (Å²) in [6, 6.07) is 6.71. The maximum absolute atomic E-state index is 12.2. The van der Waals surface area contributed by atoms with Gasteiger partial charge in [-0.15, -0.1) is 11.3 Å². The van der Waals surface area contributed by atoms with E-state index in [-0.39, 0.29) is 5.91 Å². The van der Waals surface area contributed by atoms with Crippen molar-refractivity contribution in [2.45, 2.75) is 25.6 Å². The molecule has 1 amide bonds. The van der Waals surface area contributed by atoms with Crippen LogP contribution < -0.4 is 0 Å². The maximum atomic E-state index is 12.2. The van der Waals surface area contributed by atoms with Gasteiger partial charge in [0.15, 0.2) is 0 Å². The minimum atomic E-state index is 0.232. The van der Waals surface area contributed by atoms with Crippen LogP contribution in [0.15, 0.2) is 36.0 Å². The van der Waals surface area contributed by atoms with E-state index in [1.807, 2.05) is 45.3 Å². The number of thiophene rings is 1. The van der Waals surface area contributed by atoms with Crippen LogP contribution in [-0.2, 0) is 24.3 Å². The summed E-state index contributed by atoms with van der Waals surface area (Å²) >= 11 is 1.88. The highest BCUT2D eigenvalue weighted by molar-refractivity contribution is 7.10. The number of amides is 1. The lowest BCUT2D eigenvalue weighted by Crippen LogP contribution is -2.62. The van der Waals surface area contributed by atoms with Gasteiger partial charge in [-0.3, -0.25) is 9.69 Å². The first-order chi connectivity index (χ1) is 10.3. The van der Waals surface area contributed by atoms with E-state index in [4.69, 9.17) is 0 Å². The number of rotatable bonds is 3. The summed E-state index contributed by atoms with van der Waals surface area (Å²) in [5.41, 5.74) is 1.49. The third-order valence-corrected chi connectivity index (χ3v) is 5.58. The average molecular weight is 301 g/mol. The summed E-state index contributed by atoms with van der Waals surface area (Å²) in [6.45, 7) is 4.44. The van der Waals surface area contributed by atoms with Gasteiger partial charge in [0.1, 0.15) is 6.54 Å². The van der Waals surface area contributed by atoms with Crippen LogP contribution in [0.25, 0.3) is 0 Å². The molecule has 0 N–H and O–H groups in total. The molecule has 110 valence electrons. The molecule has 0 unspecified atom stereocenters. The number of hydrogen-bond acceptors (Lipinski definition) is 3. The molecule has 0 spiro atoms. The van der Waals surface area contributed by atoms with E-state index >= 15 is 0 Å². The van der Waals surface area contributed by atoms with E-state index in [0.717, 1.165) is 26.2 Å². The van der Waals surface area contributed by atoms with Gasteiger partial charge < -0.3 is 9.47 Å². The Labute approximate surface area is 128 Å². The Balaban J connectivity index is 1.30. The van der Waals surface area contributed by atoms with Gasteiger partial charge in [-0.1, -0.05) is 0 Å². The second kappa shape index (κ2) is 5.31. The third kappa shape index (κ3) is 2.51. The number of fused-ring (bicyclic) bond motifs is 1. The van der Waals surface area contributed by atoms with Crippen molar-refractivity contribution in [1.82, 2.24) is 14.4 Å². The quantitative estimate of drug-likeness (QED) is 0.865. The molecule has 2 aromatic heterocycles. The van der Waals surface area contributed by atoms with Crippen molar-refractivity contribution in [3.8, 4) is 0 Å².